The molecule has 2 aromatic rings. The first-order valence-corrected chi connectivity index (χ1v) is 5.73. The second-order valence-electron chi connectivity index (χ2n) is 3.94. The van der Waals surface area contributed by atoms with Gasteiger partial charge in [-0.25, -0.2) is 0 Å². The lowest BCUT2D eigenvalue weighted by Gasteiger charge is -2.06. The molecule has 2 aromatic carbocycles. The van der Waals surface area contributed by atoms with Crippen molar-refractivity contribution in [1.29, 1.82) is 0 Å². The van der Waals surface area contributed by atoms with Gasteiger partial charge in [0.15, 0.2) is 0 Å². The molecular weight excluding hydrogens is 226 g/mol. The summed E-state index contributed by atoms with van der Waals surface area (Å²) in [5.41, 5.74) is 2.61. The molecule has 0 aromatic heterocycles. The zero-order valence-corrected chi connectivity index (χ0v) is 10.2. The monoisotopic (exact) mass is 241 g/mol. The smallest absolute Gasteiger partial charge is 0.119 e. The number of methoxy groups -OCH3 is 1. The van der Waals surface area contributed by atoms with E-state index in [0.717, 1.165) is 16.9 Å². The molecule has 92 valence electrons. The molecule has 3 nitrogen and oxygen atoms in total. The van der Waals surface area contributed by atoms with Crippen molar-refractivity contribution in [3.63, 3.8) is 0 Å². The van der Waals surface area contributed by atoms with E-state index >= 15 is 0 Å². The highest BCUT2D eigenvalue weighted by molar-refractivity contribution is 6.01. The lowest BCUT2D eigenvalue weighted by atomic mass is 10.0. The first-order chi connectivity index (χ1) is 8.83. The Bertz CT molecular complexity index is 535. The van der Waals surface area contributed by atoms with E-state index in [1.165, 1.54) is 0 Å². The number of rotatable bonds is 4. The van der Waals surface area contributed by atoms with Gasteiger partial charge in [0.25, 0.3) is 0 Å². The fourth-order valence-corrected chi connectivity index (χ4v) is 1.80. The van der Waals surface area contributed by atoms with Crippen LogP contribution in [-0.4, -0.2) is 18.0 Å². The summed E-state index contributed by atoms with van der Waals surface area (Å²) in [5, 5.41) is 12.5. The number of ether oxygens (including phenoxy) is 1. The van der Waals surface area contributed by atoms with E-state index in [1.807, 2.05) is 54.6 Å². The van der Waals surface area contributed by atoms with Gasteiger partial charge < -0.3 is 9.94 Å². The van der Waals surface area contributed by atoms with Crippen molar-refractivity contribution in [3.8, 4) is 5.75 Å². The number of hydrogen-bond donors (Lipinski definition) is 1. The molecule has 0 unspecified atom stereocenters. The lowest BCUT2D eigenvalue weighted by Crippen LogP contribution is -2.05. The molecule has 3 heteroatoms. The molecule has 0 aliphatic heterocycles. The van der Waals surface area contributed by atoms with Crippen molar-refractivity contribution in [2.75, 3.05) is 7.11 Å². The van der Waals surface area contributed by atoms with Crippen LogP contribution in [0, 0.1) is 0 Å². The molecule has 0 aliphatic carbocycles. The van der Waals surface area contributed by atoms with Crippen molar-refractivity contribution in [2.45, 2.75) is 6.42 Å². The molecule has 18 heavy (non-hydrogen) atoms. The highest BCUT2D eigenvalue weighted by atomic mass is 16.5. The predicted molar refractivity (Wildman–Crippen MR) is 71.5 cm³/mol. The molecular formula is C15H15NO2. The Morgan fingerprint density at radius 3 is 2.56 bits per heavy atom. The summed E-state index contributed by atoms with van der Waals surface area (Å²) in [7, 11) is 1.64. The number of hydrogen-bond acceptors (Lipinski definition) is 3. The molecule has 0 amide bonds. The Balaban J connectivity index is 2.21. The normalized spacial score (nSPS) is 11.3. The third kappa shape index (κ3) is 2.88. The summed E-state index contributed by atoms with van der Waals surface area (Å²) in [6, 6.07) is 17.4. The van der Waals surface area contributed by atoms with Crippen molar-refractivity contribution in [1.82, 2.24) is 0 Å². The van der Waals surface area contributed by atoms with Crippen molar-refractivity contribution >= 4 is 5.71 Å². The molecule has 2 rings (SSSR count). The van der Waals surface area contributed by atoms with E-state index in [0.29, 0.717) is 12.1 Å². The van der Waals surface area contributed by atoms with E-state index < -0.39 is 0 Å². The van der Waals surface area contributed by atoms with E-state index in [4.69, 9.17) is 9.94 Å². The van der Waals surface area contributed by atoms with Crippen LogP contribution < -0.4 is 4.74 Å². The molecule has 0 spiro atoms. The average molecular weight is 241 g/mol. The third-order valence-corrected chi connectivity index (χ3v) is 2.73. The van der Waals surface area contributed by atoms with Gasteiger partial charge in [0.05, 0.1) is 12.8 Å². The van der Waals surface area contributed by atoms with Gasteiger partial charge in [-0.1, -0.05) is 47.6 Å². The van der Waals surface area contributed by atoms with Gasteiger partial charge in [-0.05, 0) is 23.3 Å². The van der Waals surface area contributed by atoms with Crippen LogP contribution in [0.15, 0.2) is 59.8 Å². The zero-order valence-electron chi connectivity index (χ0n) is 10.2. The SMILES string of the molecule is COc1cccc(CC(=NO)c2ccccc2)c1. The van der Waals surface area contributed by atoms with Crippen LogP contribution >= 0.6 is 0 Å². The lowest BCUT2D eigenvalue weighted by molar-refractivity contribution is 0.318. The standard InChI is InChI=1S/C15H15NO2/c1-18-14-9-5-6-12(10-14)11-15(16-17)13-7-3-2-4-8-13/h2-10,17H,11H2,1H3. The van der Waals surface area contributed by atoms with Gasteiger partial charge in [-0.15, -0.1) is 0 Å². The van der Waals surface area contributed by atoms with Crippen LogP contribution in [0.4, 0.5) is 0 Å². The number of benzene rings is 2. The van der Waals surface area contributed by atoms with Gasteiger partial charge in [0, 0.05) is 6.42 Å². The largest absolute Gasteiger partial charge is 0.497 e. The Morgan fingerprint density at radius 2 is 1.89 bits per heavy atom. The van der Waals surface area contributed by atoms with Gasteiger partial charge in [-0.3, -0.25) is 0 Å². The molecule has 0 bridgehead atoms. The molecule has 1 N–H and O–H groups in total. The van der Waals surface area contributed by atoms with Gasteiger partial charge in [-0.2, -0.15) is 0 Å². The van der Waals surface area contributed by atoms with Gasteiger partial charge in [0.2, 0.25) is 0 Å². The summed E-state index contributed by atoms with van der Waals surface area (Å²) in [5.74, 6) is 0.804. The van der Waals surface area contributed by atoms with E-state index in [-0.39, 0.29) is 0 Å². The van der Waals surface area contributed by atoms with Crippen LogP contribution in [0.1, 0.15) is 11.1 Å². The van der Waals surface area contributed by atoms with Crippen LogP contribution in [0.25, 0.3) is 0 Å². The van der Waals surface area contributed by atoms with E-state index in [2.05, 4.69) is 5.16 Å². The van der Waals surface area contributed by atoms with Crippen molar-refractivity contribution in [2.24, 2.45) is 5.16 Å². The molecule has 0 saturated heterocycles. The van der Waals surface area contributed by atoms with Crippen LogP contribution in [0.2, 0.25) is 0 Å². The molecule has 0 saturated carbocycles. The average Bonchev–Trinajstić information content (AvgIpc) is 2.46. The summed E-state index contributed by atoms with van der Waals surface area (Å²) in [6.07, 6.45) is 0.567. The fraction of sp³-hybridized carbons (Fsp3) is 0.133. The maximum Gasteiger partial charge on any atom is 0.119 e. The number of nitrogens with zero attached hydrogens (tertiary/aromatic N) is 1. The van der Waals surface area contributed by atoms with Crippen LogP contribution in [0.5, 0.6) is 5.75 Å². The first-order valence-electron chi connectivity index (χ1n) is 5.73. The summed E-state index contributed by atoms with van der Waals surface area (Å²) < 4.78 is 5.17. The minimum atomic E-state index is 0.567. The summed E-state index contributed by atoms with van der Waals surface area (Å²) in [6.45, 7) is 0. The topological polar surface area (TPSA) is 41.8 Å². The van der Waals surface area contributed by atoms with E-state index in [1.54, 1.807) is 7.11 Å². The van der Waals surface area contributed by atoms with Gasteiger partial charge >= 0.3 is 0 Å². The van der Waals surface area contributed by atoms with Crippen LogP contribution in [0.3, 0.4) is 0 Å². The fourth-order valence-electron chi connectivity index (χ4n) is 1.80. The van der Waals surface area contributed by atoms with Crippen LogP contribution in [-0.2, 0) is 6.42 Å². The Hall–Kier alpha value is -2.29. The quantitative estimate of drug-likeness (QED) is 0.507. The summed E-state index contributed by atoms with van der Waals surface area (Å²) >= 11 is 0. The second kappa shape index (κ2) is 5.87. The highest BCUT2D eigenvalue weighted by Gasteiger charge is 2.06. The third-order valence-electron chi connectivity index (χ3n) is 2.73. The molecule has 0 atom stereocenters. The molecule has 0 heterocycles. The maximum atomic E-state index is 9.12. The minimum Gasteiger partial charge on any atom is -0.497 e. The Kier molecular flexibility index (Phi) is 3.97. The van der Waals surface area contributed by atoms with Crippen molar-refractivity contribution < 1.29 is 9.94 Å². The Labute approximate surface area is 106 Å². The summed E-state index contributed by atoms with van der Waals surface area (Å²) in [4.78, 5) is 0. The first kappa shape index (κ1) is 12.2. The molecule has 0 radical (unpaired) electrons. The molecule has 0 aliphatic rings. The number of oxime groups is 1. The second-order valence-corrected chi connectivity index (χ2v) is 3.94. The highest BCUT2D eigenvalue weighted by Crippen LogP contribution is 2.15. The minimum absolute atomic E-state index is 0.567. The zero-order chi connectivity index (χ0) is 12.8. The van der Waals surface area contributed by atoms with E-state index in [9.17, 15) is 0 Å². The predicted octanol–water partition coefficient (Wildman–Crippen LogP) is 3.12. The molecule has 0 fully saturated rings. The maximum absolute atomic E-state index is 9.12. The Morgan fingerprint density at radius 1 is 1.11 bits per heavy atom. The van der Waals surface area contributed by atoms with Gasteiger partial charge in [0.1, 0.15) is 5.75 Å². The van der Waals surface area contributed by atoms with Crippen molar-refractivity contribution in [3.05, 3.63) is 65.7 Å².